The minimum atomic E-state index is 0.172. The van der Waals surface area contributed by atoms with Crippen LogP contribution in [0.4, 0.5) is 0 Å². The van der Waals surface area contributed by atoms with Gasteiger partial charge in [0.25, 0.3) is 0 Å². The molecule has 1 aromatic heterocycles. The molecule has 274 valence electrons. The van der Waals surface area contributed by atoms with Crippen LogP contribution in [0.25, 0.3) is 109 Å². The van der Waals surface area contributed by atoms with E-state index >= 15 is 0 Å². The zero-order chi connectivity index (χ0) is 38.6. The summed E-state index contributed by atoms with van der Waals surface area (Å²) in [6, 6.07) is 74.2. The second-order valence-corrected chi connectivity index (χ2v) is 16.3. The Hall–Kier alpha value is -7.48. The fourth-order valence-electron chi connectivity index (χ4n) is 10.5. The third kappa shape index (κ3) is 4.79. The number of hydrogen-bond acceptors (Lipinski definition) is 1. The van der Waals surface area contributed by atoms with Crippen LogP contribution in [0.2, 0.25) is 0 Å². The first-order chi connectivity index (χ1) is 29.3. The van der Waals surface area contributed by atoms with E-state index < -0.39 is 0 Å². The summed E-state index contributed by atoms with van der Waals surface area (Å²) in [6.45, 7) is 0. The highest BCUT2D eigenvalue weighted by atomic mass is 16.3. The lowest BCUT2D eigenvalue weighted by Crippen LogP contribution is -2.13. The van der Waals surface area contributed by atoms with Crippen molar-refractivity contribution in [1.82, 2.24) is 0 Å². The van der Waals surface area contributed by atoms with Gasteiger partial charge in [0.1, 0.15) is 11.2 Å². The Morgan fingerprint density at radius 3 is 1.59 bits per heavy atom. The van der Waals surface area contributed by atoms with Crippen LogP contribution in [0.15, 0.2) is 205 Å². The maximum Gasteiger partial charge on any atom is 0.139 e. The monoisotopic (exact) mass is 748 g/mol. The number of furan rings is 1. The number of fused-ring (bicyclic) bond motifs is 17. The maximum absolute atomic E-state index is 6.63. The van der Waals surface area contributed by atoms with Crippen molar-refractivity contribution in [3.8, 4) is 33.4 Å². The zero-order valence-corrected chi connectivity index (χ0v) is 32.2. The van der Waals surface area contributed by atoms with Crippen molar-refractivity contribution in [3.63, 3.8) is 0 Å². The van der Waals surface area contributed by atoms with E-state index in [0.29, 0.717) is 0 Å². The van der Waals surface area contributed by atoms with E-state index in [1.165, 1.54) is 115 Å². The van der Waals surface area contributed by atoms with Crippen LogP contribution in [-0.2, 0) is 6.42 Å². The third-order valence-corrected chi connectivity index (χ3v) is 13.2. The average molecular weight is 749 g/mol. The summed E-state index contributed by atoms with van der Waals surface area (Å²) in [7, 11) is 0. The molecule has 13 rings (SSSR count). The normalized spacial score (nSPS) is 13.9. The van der Waals surface area contributed by atoms with Crippen molar-refractivity contribution < 1.29 is 4.42 Å². The molecule has 11 aromatic carbocycles. The van der Waals surface area contributed by atoms with Gasteiger partial charge in [-0.1, -0.05) is 176 Å². The van der Waals surface area contributed by atoms with E-state index in [1.54, 1.807) is 0 Å². The van der Waals surface area contributed by atoms with E-state index in [-0.39, 0.29) is 5.92 Å². The van der Waals surface area contributed by atoms with Gasteiger partial charge in [0.15, 0.2) is 0 Å². The molecule has 0 saturated carbocycles. The van der Waals surface area contributed by atoms with E-state index in [1.807, 2.05) is 0 Å². The topological polar surface area (TPSA) is 13.1 Å². The molecule has 0 spiro atoms. The molecule has 0 N–H and O–H groups in total. The lowest BCUT2D eigenvalue weighted by molar-refractivity contribution is 0.654. The summed E-state index contributed by atoms with van der Waals surface area (Å²) in [5.41, 5.74) is 13.4. The predicted molar refractivity (Wildman–Crippen MR) is 250 cm³/mol. The zero-order valence-electron chi connectivity index (χ0n) is 32.2. The molecule has 1 atom stereocenters. The smallest absolute Gasteiger partial charge is 0.139 e. The molecule has 59 heavy (non-hydrogen) atoms. The summed E-state index contributed by atoms with van der Waals surface area (Å²) in [4.78, 5) is 0. The van der Waals surface area contributed by atoms with Gasteiger partial charge in [-0.25, -0.2) is 0 Å². The first kappa shape index (κ1) is 32.6. The molecule has 0 radical (unpaired) electrons. The van der Waals surface area contributed by atoms with E-state index in [2.05, 4.69) is 200 Å². The second kappa shape index (κ2) is 12.5. The highest BCUT2D eigenvalue weighted by molar-refractivity contribution is 6.39. The van der Waals surface area contributed by atoms with Gasteiger partial charge >= 0.3 is 0 Å². The van der Waals surface area contributed by atoms with Crippen molar-refractivity contribution in [2.24, 2.45) is 0 Å². The summed E-state index contributed by atoms with van der Waals surface area (Å²) in [5, 5.41) is 15.3. The minimum absolute atomic E-state index is 0.172. The molecule has 0 fully saturated rings. The summed E-state index contributed by atoms with van der Waals surface area (Å²) < 4.78 is 6.63. The van der Waals surface area contributed by atoms with E-state index in [0.717, 1.165) is 17.6 Å². The molecular formula is C58H36O. The van der Waals surface area contributed by atoms with Gasteiger partial charge in [-0.05, 0) is 129 Å². The van der Waals surface area contributed by atoms with Crippen LogP contribution in [0.5, 0.6) is 0 Å². The Bertz CT molecular complexity index is 3700. The standard InChI is InChI=1S/C58H36O/c1-2-13-35(14-3-1)36-25-28-43-44-29-26-38(33-54(44)57-48-21-9-7-18-42(48)41-17-6-8-20-47(41)56(57)53(43)32-36)37-27-30-45-51(31-37)40-16-5-4-15-39(40)34-52(45)50-23-12-22-49-46-19-10-11-24-55(46)59-58(49)50/h1-33,52H,34H2. The summed E-state index contributed by atoms with van der Waals surface area (Å²) >= 11 is 0. The van der Waals surface area contributed by atoms with Crippen LogP contribution in [-0.4, -0.2) is 0 Å². The lowest BCUT2D eigenvalue weighted by Gasteiger charge is -2.29. The quantitative estimate of drug-likeness (QED) is 0.164. The Morgan fingerprint density at radius 1 is 0.322 bits per heavy atom. The Balaban J connectivity index is 1.06. The molecule has 1 unspecified atom stereocenters. The summed E-state index contributed by atoms with van der Waals surface area (Å²) in [6.07, 6.45) is 0.931. The number of rotatable bonds is 3. The van der Waals surface area contributed by atoms with Crippen molar-refractivity contribution in [2.75, 3.05) is 0 Å². The molecular weight excluding hydrogens is 713 g/mol. The molecule has 0 bridgehead atoms. The van der Waals surface area contributed by atoms with Gasteiger partial charge in [-0.15, -0.1) is 0 Å². The Morgan fingerprint density at radius 2 is 0.864 bits per heavy atom. The summed E-state index contributed by atoms with van der Waals surface area (Å²) in [5.74, 6) is 0.172. The highest BCUT2D eigenvalue weighted by Gasteiger charge is 2.29. The molecule has 0 aliphatic heterocycles. The van der Waals surface area contributed by atoms with Crippen molar-refractivity contribution in [1.29, 1.82) is 0 Å². The van der Waals surface area contributed by atoms with Crippen LogP contribution in [0.1, 0.15) is 22.6 Å². The van der Waals surface area contributed by atoms with Gasteiger partial charge < -0.3 is 4.42 Å². The Labute approximate surface area is 341 Å². The number of hydrogen-bond donors (Lipinski definition) is 0. The molecule has 1 heteroatoms. The maximum atomic E-state index is 6.63. The van der Waals surface area contributed by atoms with Gasteiger partial charge in [0.05, 0.1) is 0 Å². The fourth-order valence-corrected chi connectivity index (χ4v) is 10.5. The molecule has 12 aromatic rings. The first-order valence-corrected chi connectivity index (χ1v) is 20.7. The van der Waals surface area contributed by atoms with Gasteiger partial charge in [-0.2, -0.15) is 0 Å². The molecule has 1 nitrogen and oxygen atoms in total. The molecule has 1 aliphatic rings. The average Bonchev–Trinajstić information content (AvgIpc) is 3.70. The van der Waals surface area contributed by atoms with Gasteiger partial charge in [-0.3, -0.25) is 0 Å². The van der Waals surface area contributed by atoms with Crippen LogP contribution in [0, 0.1) is 0 Å². The van der Waals surface area contributed by atoms with Crippen molar-refractivity contribution in [3.05, 3.63) is 217 Å². The highest BCUT2D eigenvalue weighted by Crippen LogP contribution is 2.49. The van der Waals surface area contributed by atoms with Crippen molar-refractivity contribution in [2.45, 2.75) is 12.3 Å². The molecule has 1 heterocycles. The lowest BCUT2D eigenvalue weighted by atomic mass is 9.74. The second-order valence-electron chi connectivity index (χ2n) is 16.3. The van der Waals surface area contributed by atoms with Gasteiger partial charge in [0, 0.05) is 22.3 Å². The predicted octanol–water partition coefficient (Wildman–Crippen LogP) is 16.0. The number of para-hydroxylation sites is 2. The first-order valence-electron chi connectivity index (χ1n) is 20.7. The number of benzene rings is 11. The SMILES string of the molecule is c1ccc(-c2ccc3c4ccc(-c5ccc6c(c5)-c5ccccc5CC6c5cccc6c5oc5ccccc56)cc4c4c5ccccc5c5ccccc5c4c3c2)cc1. The van der Waals surface area contributed by atoms with Crippen LogP contribution < -0.4 is 0 Å². The van der Waals surface area contributed by atoms with E-state index in [9.17, 15) is 0 Å². The molecule has 1 aliphatic carbocycles. The third-order valence-electron chi connectivity index (χ3n) is 13.2. The van der Waals surface area contributed by atoms with Crippen LogP contribution in [0.3, 0.4) is 0 Å². The minimum Gasteiger partial charge on any atom is -0.456 e. The molecule has 0 amide bonds. The molecule has 0 saturated heterocycles. The fraction of sp³-hybridized carbons (Fsp3) is 0.0345. The largest absolute Gasteiger partial charge is 0.456 e. The van der Waals surface area contributed by atoms with Crippen molar-refractivity contribution >= 4 is 75.8 Å². The van der Waals surface area contributed by atoms with Crippen LogP contribution >= 0.6 is 0 Å². The van der Waals surface area contributed by atoms with E-state index in [4.69, 9.17) is 4.42 Å². The van der Waals surface area contributed by atoms with Gasteiger partial charge in [0.2, 0.25) is 0 Å². The Kier molecular flexibility index (Phi) is 6.91.